The number of alkyl halides is 3. The summed E-state index contributed by atoms with van der Waals surface area (Å²) in [6.45, 7) is 0.00247. The van der Waals surface area contributed by atoms with Gasteiger partial charge in [0, 0.05) is 17.2 Å². The molecule has 0 spiro atoms. The summed E-state index contributed by atoms with van der Waals surface area (Å²) in [5.74, 6) is 6.29. The Morgan fingerprint density at radius 1 is 1.36 bits per heavy atom. The molecule has 0 radical (unpaired) electrons. The van der Waals surface area contributed by atoms with Gasteiger partial charge in [-0.15, -0.1) is 0 Å². The number of hydroxylamine groups is 2. The van der Waals surface area contributed by atoms with Crippen molar-refractivity contribution in [3.63, 3.8) is 0 Å². The number of primary amides is 1. The molecule has 2 unspecified atom stereocenters. The number of ether oxygens (including phenoxy) is 1. The molecule has 0 aromatic carbocycles. The van der Waals surface area contributed by atoms with Crippen LogP contribution in [-0.4, -0.2) is 35.1 Å². The summed E-state index contributed by atoms with van der Waals surface area (Å²) in [7, 11) is 0. The van der Waals surface area contributed by atoms with Gasteiger partial charge in [-0.3, -0.25) is 5.21 Å². The minimum absolute atomic E-state index is 0.00247. The highest BCUT2D eigenvalue weighted by molar-refractivity contribution is 5.70. The van der Waals surface area contributed by atoms with E-state index in [0.29, 0.717) is 34.3 Å². The topological polar surface area (TPSA) is 88.9 Å². The highest BCUT2D eigenvalue weighted by Crippen LogP contribution is 2.32. The first-order chi connectivity index (χ1) is 13.2. The fourth-order valence-corrected chi connectivity index (χ4v) is 2.97. The average Bonchev–Trinajstić information content (AvgIpc) is 3.20. The van der Waals surface area contributed by atoms with Gasteiger partial charge in [0.15, 0.2) is 0 Å². The van der Waals surface area contributed by atoms with E-state index in [2.05, 4.69) is 11.8 Å². The van der Waals surface area contributed by atoms with Crippen LogP contribution in [0.25, 0.3) is 12.2 Å². The van der Waals surface area contributed by atoms with Crippen LogP contribution in [0.3, 0.4) is 0 Å². The first-order valence-corrected chi connectivity index (χ1v) is 8.72. The fourth-order valence-electron chi connectivity index (χ4n) is 2.97. The second-order valence-electron chi connectivity index (χ2n) is 6.46. The lowest BCUT2D eigenvalue weighted by Crippen LogP contribution is -2.33. The maximum atomic E-state index is 12.8. The summed E-state index contributed by atoms with van der Waals surface area (Å²) < 4.78 is 50.0. The van der Waals surface area contributed by atoms with Crippen molar-refractivity contribution < 1.29 is 32.3 Å². The van der Waals surface area contributed by atoms with Gasteiger partial charge >= 0.3 is 12.2 Å². The van der Waals surface area contributed by atoms with Crippen LogP contribution in [0.2, 0.25) is 0 Å². The number of hydrogen-bond acceptors (Lipinski definition) is 4. The Morgan fingerprint density at radius 3 is 2.86 bits per heavy atom. The molecule has 0 saturated carbocycles. The van der Waals surface area contributed by atoms with E-state index in [1.165, 1.54) is 12.2 Å². The van der Waals surface area contributed by atoms with E-state index in [1.54, 1.807) is 6.07 Å². The van der Waals surface area contributed by atoms with Crippen molar-refractivity contribution in [1.29, 1.82) is 0 Å². The van der Waals surface area contributed by atoms with Crippen LogP contribution < -0.4 is 16.4 Å². The second kappa shape index (κ2) is 8.12. The molecule has 2 heterocycles. The van der Waals surface area contributed by atoms with Gasteiger partial charge in [-0.2, -0.15) is 13.2 Å². The number of rotatable bonds is 3. The zero-order chi connectivity index (χ0) is 20.3. The molecule has 6 nitrogen and oxygen atoms in total. The van der Waals surface area contributed by atoms with Gasteiger partial charge in [0.25, 0.3) is 0 Å². The molecule has 2 aliphatic rings. The smallest absolute Gasteiger partial charge is 0.412 e. The number of allylic oxidation sites excluding steroid dienone is 2. The lowest BCUT2D eigenvalue weighted by Gasteiger charge is -2.09. The predicted octanol–water partition coefficient (Wildman–Crippen LogP) is 2.12. The van der Waals surface area contributed by atoms with E-state index in [9.17, 15) is 18.0 Å². The molecule has 9 heteroatoms. The monoisotopic (exact) mass is 396 g/mol. The summed E-state index contributed by atoms with van der Waals surface area (Å²) in [6, 6.07) is 0.762. The highest BCUT2D eigenvalue weighted by atomic mass is 19.4. The molecule has 150 valence electrons. The Hall–Kier alpha value is -2.70. The Labute approximate surface area is 158 Å². The second-order valence-corrected chi connectivity index (χ2v) is 6.46. The lowest BCUT2D eigenvalue weighted by molar-refractivity contribution is -0.0924. The van der Waals surface area contributed by atoms with Crippen LogP contribution in [0.5, 0.6) is 0 Å². The number of nitrogens with zero attached hydrogens (tertiary/aromatic N) is 1. The molecule has 3 N–H and O–H groups in total. The third-order valence-electron chi connectivity index (χ3n) is 4.45. The SMILES string of the molecule is NC(=O)N(O)CCC#CC1CCC(c2cc3c(o2)=CC=C(C(F)(F)F)CC=3)O1. The summed E-state index contributed by atoms with van der Waals surface area (Å²) in [6.07, 6.45) is 0.249. The van der Waals surface area contributed by atoms with Crippen LogP contribution in [0.4, 0.5) is 18.0 Å². The van der Waals surface area contributed by atoms with Crippen molar-refractivity contribution in [2.75, 3.05) is 6.54 Å². The number of fused-ring (bicyclic) bond motifs is 1. The number of carbonyl (C=O) groups excluding carboxylic acids is 1. The van der Waals surface area contributed by atoms with Gasteiger partial charge in [-0.25, -0.2) is 9.86 Å². The van der Waals surface area contributed by atoms with Crippen molar-refractivity contribution in [3.05, 3.63) is 34.1 Å². The number of hydrogen-bond donors (Lipinski definition) is 2. The van der Waals surface area contributed by atoms with Crippen LogP contribution in [0.1, 0.15) is 37.5 Å². The van der Waals surface area contributed by atoms with Crippen molar-refractivity contribution >= 4 is 18.2 Å². The zero-order valence-electron chi connectivity index (χ0n) is 14.8. The standard InChI is InChI=1S/C19H19F3N2O4/c20-19(21,22)13-5-4-12-11-17(28-15(12)8-6-13)16-9-7-14(27-16)3-1-2-10-24(26)18(23)25/h4,6,8,11,14,16,26H,2,5,7,9-10H2,(H2,23,25). The Bertz CT molecular complexity index is 953. The molecule has 0 bridgehead atoms. The van der Waals surface area contributed by atoms with Crippen molar-refractivity contribution in [1.82, 2.24) is 5.06 Å². The fraction of sp³-hybridized carbons (Fsp3) is 0.421. The number of nitrogens with two attached hydrogens (primary N) is 1. The maximum absolute atomic E-state index is 12.8. The molecule has 2 atom stereocenters. The van der Waals surface area contributed by atoms with Gasteiger partial charge in [-0.1, -0.05) is 24.0 Å². The minimum atomic E-state index is -4.36. The van der Waals surface area contributed by atoms with Crippen LogP contribution >= 0.6 is 0 Å². The highest BCUT2D eigenvalue weighted by Gasteiger charge is 2.33. The first-order valence-electron chi connectivity index (χ1n) is 8.72. The molecule has 1 aliphatic carbocycles. The van der Waals surface area contributed by atoms with Crippen LogP contribution in [-0.2, 0) is 4.74 Å². The van der Waals surface area contributed by atoms with Crippen molar-refractivity contribution in [3.8, 4) is 11.8 Å². The number of amides is 2. The van der Waals surface area contributed by atoms with E-state index in [4.69, 9.17) is 20.1 Å². The molecule has 28 heavy (non-hydrogen) atoms. The van der Waals surface area contributed by atoms with E-state index in [0.717, 1.165) is 6.08 Å². The Morgan fingerprint density at radius 2 is 2.14 bits per heavy atom. The first kappa shape index (κ1) is 20.0. The normalized spacial score (nSPS) is 21.4. The summed E-state index contributed by atoms with van der Waals surface area (Å²) in [4.78, 5) is 10.7. The third-order valence-corrected chi connectivity index (χ3v) is 4.45. The van der Waals surface area contributed by atoms with E-state index >= 15 is 0 Å². The van der Waals surface area contributed by atoms with E-state index < -0.39 is 17.8 Å². The number of carbonyl (C=O) groups is 1. The van der Waals surface area contributed by atoms with Gasteiger partial charge in [0.05, 0.1) is 6.54 Å². The van der Waals surface area contributed by atoms with Gasteiger partial charge in [0.1, 0.15) is 23.4 Å². The minimum Gasteiger partial charge on any atom is -0.458 e. The Kier molecular flexibility index (Phi) is 5.82. The molecular formula is C19H19F3N2O4. The molecule has 1 aromatic heterocycles. The molecule has 1 fully saturated rings. The number of halogens is 3. The summed E-state index contributed by atoms with van der Waals surface area (Å²) >= 11 is 0. The largest absolute Gasteiger partial charge is 0.458 e. The quantitative estimate of drug-likeness (QED) is 0.465. The van der Waals surface area contributed by atoms with Crippen LogP contribution in [0.15, 0.2) is 22.1 Å². The van der Waals surface area contributed by atoms with E-state index in [1.807, 2.05) is 0 Å². The molecule has 1 aromatic rings. The lowest BCUT2D eigenvalue weighted by atomic mass is 10.1. The van der Waals surface area contributed by atoms with Gasteiger partial charge in [-0.05, 0) is 31.4 Å². The van der Waals surface area contributed by atoms with Crippen molar-refractivity contribution in [2.24, 2.45) is 5.73 Å². The van der Waals surface area contributed by atoms with Gasteiger partial charge in [0.2, 0.25) is 0 Å². The van der Waals surface area contributed by atoms with Crippen LogP contribution in [0, 0.1) is 11.8 Å². The number of urea groups is 1. The Balaban J connectivity index is 1.63. The average molecular weight is 396 g/mol. The predicted molar refractivity (Wildman–Crippen MR) is 93.0 cm³/mol. The van der Waals surface area contributed by atoms with Crippen molar-refractivity contribution in [2.45, 2.75) is 44.1 Å². The molecule has 2 amide bonds. The van der Waals surface area contributed by atoms with E-state index in [-0.39, 0.29) is 31.6 Å². The molecular weight excluding hydrogens is 377 g/mol. The molecule has 1 aliphatic heterocycles. The molecule has 3 rings (SSSR count). The molecule has 1 saturated heterocycles. The van der Waals surface area contributed by atoms with Gasteiger partial charge < -0.3 is 14.9 Å². The summed E-state index contributed by atoms with van der Waals surface area (Å²) in [5, 5.41) is 10.1. The third kappa shape index (κ3) is 4.77. The summed E-state index contributed by atoms with van der Waals surface area (Å²) in [5.41, 5.74) is 4.65. The number of furan rings is 1. The maximum Gasteiger partial charge on any atom is 0.412 e. The zero-order valence-corrected chi connectivity index (χ0v) is 14.8.